The van der Waals surface area contributed by atoms with Gasteiger partial charge in [0, 0.05) is 34.9 Å². The van der Waals surface area contributed by atoms with Crippen molar-refractivity contribution in [3.8, 4) is 5.75 Å². The molecule has 2 atom stereocenters. The molecule has 0 aliphatic rings. The lowest BCUT2D eigenvalue weighted by molar-refractivity contribution is 0.191. The number of hydrogen-bond donors (Lipinski definition) is 2. The molecule has 26 heavy (non-hydrogen) atoms. The van der Waals surface area contributed by atoms with Crippen LogP contribution < -0.4 is 15.4 Å². The zero-order chi connectivity index (χ0) is 18.9. The van der Waals surface area contributed by atoms with Crippen LogP contribution in [0.2, 0.25) is 0 Å². The first-order valence-corrected chi connectivity index (χ1v) is 9.84. The van der Waals surface area contributed by atoms with E-state index in [4.69, 9.17) is 4.74 Å². The molecule has 0 fully saturated rings. The fraction of sp³-hybridized carbons (Fsp3) is 0.611. The minimum absolute atomic E-state index is 0. The summed E-state index contributed by atoms with van der Waals surface area (Å²) in [5.41, 5.74) is 0. The maximum absolute atomic E-state index is 13.7. The molecule has 0 radical (unpaired) electrons. The highest BCUT2D eigenvalue weighted by Gasteiger charge is 2.18. The van der Waals surface area contributed by atoms with Crippen molar-refractivity contribution in [2.45, 2.75) is 45.0 Å². The molecular formula is C18H31FIN3O2S. The van der Waals surface area contributed by atoms with Gasteiger partial charge < -0.3 is 15.4 Å². The number of aliphatic imine (C=N–C) groups is 1. The molecule has 0 saturated carbocycles. The van der Waals surface area contributed by atoms with Gasteiger partial charge in [0.25, 0.3) is 0 Å². The summed E-state index contributed by atoms with van der Waals surface area (Å²) < 4.78 is 31.2. The Morgan fingerprint density at radius 3 is 2.50 bits per heavy atom. The Kier molecular flexibility index (Phi) is 12.0. The lowest BCUT2D eigenvalue weighted by Crippen LogP contribution is -2.44. The van der Waals surface area contributed by atoms with Gasteiger partial charge in [-0.3, -0.25) is 9.20 Å². The van der Waals surface area contributed by atoms with E-state index in [0.29, 0.717) is 24.8 Å². The molecule has 1 rings (SSSR count). The predicted octanol–water partition coefficient (Wildman–Crippen LogP) is 3.31. The molecule has 0 bridgehead atoms. The SMILES string of the molecule is CCC(CNC(=NC)NCCS(=O)C(C)(C)C)Oc1ccccc1F.I. The molecule has 8 heteroatoms. The molecular weight excluding hydrogens is 468 g/mol. The van der Waals surface area contributed by atoms with Crippen molar-refractivity contribution in [2.75, 3.05) is 25.9 Å². The molecule has 1 aromatic carbocycles. The minimum atomic E-state index is -0.911. The van der Waals surface area contributed by atoms with Gasteiger partial charge in [-0.2, -0.15) is 0 Å². The molecule has 0 spiro atoms. The van der Waals surface area contributed by atoms with Crippen LogP contribution in [-0.4, -0.2) is 46.9 Å². The highest BCUT2D eigenvalue weighted by Crippen LogP contribution is 2.17. The van der Waals surface area contributed by atoms with Crippen LogP contribution in [0.4, 0.5) is 4.39 Å². The molecule has 2 N–H and O–H groups in total. The third kappa shape index (κ3) is 9.16. The molecule has 0 aromatic heterocycles. The second kappa shape index (κ2) is 12.5. The van der Waals surface area contributed by atoms with Crippen molar-refractivity contribution in [2.24, 2.45) is 4.99 Å². The van der Waals surface area contributed by atoms with Gasteiger partial charge in [-0.1, -0.05) is 19.1 Å². The molecule has 150 valence electrons. The number of rotatable bonds is 8. The first kappa shape index (κ1) is 25.1. The Balaban J connectivity index is 0.00000625. The Labute approximate surface area is 176 Å². The topological polar surface area (TPSA) is 62.7 Å². The molecule has 2 unspecified atom stereocenters. The Bertz CT molecular complexity index is 594. The summed E-state index contributed by atoms with van der Waals surface area (Å²) in [5.74, 6) is 1.04. The number of hydrogen-bond acceptors (Lipinski definition) is 3. The first-order chi connectivity index (χ1) is 11.8. The summed E-state index contributed by atoms with van der Waals surface area (Å²) >= 11 is 0. The van der Waals surface area contributed by atoms with E-state index in [1.165, 1.54) is 6.07 Å². The van der Waals surface area contributed by atoms with Crippen LogP contribution in [0.15, 0.2) is 29.3 Å². The van der Waals surface area contributed by atoms with Crippen LogP contribution in [0.25, 0.3) is 0 Å². The lowest BCUT2D eigenvalue weighted by Gasteiger charge is -2.21. The van der Waals surface area contributed by atoms with Crippen LogP contribution in [0.3, 0.4) is 0 Å². The average Bonchev–Trinajstić information content (AvgIpc) is 2.57. The van der Waals surface area contributed by atoms with Crippen molar-refractivity contribution >= 4 is 40.7 Å². The quantitative estimate of drug-likeness (QED) is 0.328. The molecule has 0 heterocycles. The third-order valence-corrected chi connectivity index (χ3v) is 5.51. The maximum Gasteiger partial charge on any atom is 0.191 e. The van der Waals surface area contributed by atoms with Crippen LogP contribution in [0.5, 0.6) is 5.75 Å². The van der Waals surface area contributed by atoms with E-state index >= 15 is 0 Å². The molecule has 0 aliphatic heterocycles. The standard InChI is InChI=1S/C18H30FN3O2S.HI/c1-6-14(24-16-10-8-7-9-15(16)19)13-22-17(20-5)21-11-12-25(23)18(2,3)4;/h7-10,14H,6,11-13H2,1-5H3,(H2,20,21,22);1H. The van der Waals surface area contributed by atoms with Crippen molar-refractivity contribution in [3.63, 3.8) is 0 Å². The van der Waals surface area contributed by atoms with Crippen molar-refractivity contribution in [3.05, 3.63) is 30.1 Å². The van der Waals surface area contributed by atoms with Gasteiger partial charge in [0.2, 0.25) is 0 Å². The molecule has 5 nitrogen and oxygen atoms in total. The van der Waals surface area contributed by atoms with Gasteiger partial charge in [0.05, 0.1) is 6.54 Å². The van der Waals surface area contributed by atoms with Crippen LogP contribution >= 0.6 is 24.0 Å². The van der Waals surface area contributed by atoms with Crippen LogP contribution in [0, 0.1) is 5.82 Å². The van der Waals surface area contributed by atoms with Gasteiger partial charge in [0.15, 0.2) is 17.5 Å². The molecule has 1 aromatic rings. The Morgan fingerprint density at radius 2 is 1.96 bits per heavy atom. The average molecular weight is 499 g/mol. The summed E-state index contributed by atoms with van der Waals surface area (Å²) in [6.07, 6.45) is 0.547. The number of halogens is 2. The van der Waals surface area contributed by atoms with E-state index in [2.05, 4.69) is 15.6 Å². The van der Waals surface area contributed by atoms with E-state index in [-0.39, 0.29) is 46.4 Å². The Hall–Kier alpha value is -0.900. The third-order valence-electron chi connectivity index (χ3n) is 3.57. The molecule has 0 aliphatic carbocycles. The first-order valence-electron chi connectivity index (χ1n) is 8.52. The zero-order valence-corrected chi connectivity index (χ0v) is 19.3. The number of para-hydroxylation sites is 1. The van der Waals surface area contributed by atoms with Gasteiger partial charge in [-0.25, -0.2) is 4.39 Å². The summed E-state index contributed by atoms with van der Waals surface area (Å²) in [4.78, 5) is 4.14. The fourth-order valence-corrected chi connectivity index (χ4v) is 2.89. The van der Waals surface area contributed by atoms with E-state index in [0.717, 1.165) is 6.42 Å². The van der Waals surface area contributed by atoms with Crippen LogP contribution in [0.1, 0.15) is 34.1 Å². The molecule has 0 amide bonds. The second-order valence-electron chi connectivity index (χ2n) is 6.62. The number of guanidine groups is 1. The van der Waals surface area contributed by atoms with Gasteiger partial charge in [-0.15, -0.1) is 24.0 Å². The number of nitrogens with one attached hydrogen (secondary N) is 2. The van der Waals surface area contributed by atoms with Crippen molar-refractivity contribution in [1.29, 1.82) is 0 Å². The van der Waals surface area contributed by atoms with E-state index in [9.17, 15) is 8.60 Å². The smallest absolute Gasteiger partial charge is 0.191 e. The predicted molar refractivity (Wildman–Crippen MR) is 119 cm³/mol. The summed E-state index contributed by atoms with van der Waals surface area (Å²) in [7, 11) is 0.764. The highest BCUT2D eigenvalue weighted by atomic mass is 127. The summed E-state index contributed by atoms with van der Waals surface area (Å²) in [6, 6.07) is 6.38. The normalized spacial score (nSPS) is 14.2. The van der Waals surface area contributed by atoms with E-state index < -0.39 is 10.8 Å². The monoisotopic (exact) mass is 499 g/mol. The minimum Gasteiger partial charge on any atom is -0.486 e. The zero-order valence-electron chi connectivity index (χ0n) is 16.2. The fourth-order valence-electron chi connectivity index (χ4n) is 1.99. The number of benzene rings is 1. The lowest BCUT2D eigenvalue weighted by atomic mass is 10.2. The second-order valence-corrected chi connectivity index (χ2v) is 8.94. The van der Waals surface area contributed by atoms with Crippen LogP contribution in [-0.2, 0) is 10.8 Å². The van der Waals surface area contributed by atoms with Gasteiger partial charge in [-0.05, 0) is 39.3 Å². The maximum atomic E-state index is 13.7. The number of nitrogens with zero attached hydrogens (tertiary/aromatic N) is 1. The number of ether oxygens (including phenoxy) is 1. The molecule has 0 saturated heterocycles. The van der Waals surface area contributed by atoms with E-state index in [1.54, 1.807) is 25.2 Å². The Morgan fingerprint density at radius 1 is 1.31 bits per heavy atom. The largest absolute Gasteiger partial charge is 0.486 e. The van der Waals surface area contributed by atoms with E-state index in [1.807, 2.05) is 27.7 Å². The summed E-state index contributed by atoms with van der Waals surface area (Å²) in [5, 5.41) is 6.31. The highest BCUT2D eigenvalue weighted by molar-refractivity contribution is 14.0. The van der Waals surface area contributed by atoms with Gasteiger partial charge >= 0.3 is 0 Å². The van der Waals surface area contributed by atoms with Crippen molar-refractivity contribution in [1.82, 2.24) is 10.6 Å². The van der Waals surface area contributed by atoms with Gasteiger partial charge in [0.1, 0.15) is 6.10 Å². The van der Waals surface area contributed by atoms with Crippen molar-refractivity contribution < 1.29 is 13.3 Å². The summed E-state index contributed by atoms with van der Waals surface area (Å²) in [6.45, 7) is 8.92.